The normalized spacial score (nSPS) is 14.1. The van der Waals surface area contributed by atoms with Gasteiger partial charge in [0, 0.05) is 6.04 Å². The minimum absolute atomic E-state index is 0. The highest BCUT2D eigenvalue weighted by atomic mass is 35.5. The molecule has 0 fully saturated rings. The Balaban J connectivity index is 0. The predicted molar refractivity (Wildman–Crippen MR) is 50.9 cm³/mol. The summed E-state index contributed by atoms with van der Waals surface area (Å²) in [5, 5.41) is 0. The van der Waals surface area contributed by atoms with Crippen LogP contribution in [0.4, 0.5) is 0 Å². The van der Waals surface area contributed by atoms with Gasteiger partial charge in [0.2, 0.25) is 0 Å². The third kappa shape index (κ3) is 8.26. The van der Waals surface area contributed by atoms with Crippen molar-refractivity contribution in [3.05, 3.63) is 0 Å². The van der Waals surface area contributed by atoms with Crippen molar-refractivity contribution in [3.63, 3.8) is 0 Å². The third-order valence-electron chi connectivity index (χ3n) is 1.33. The highest BCUT2D eigenvalue weighted by molar-refractivity contribution is 7.85. The third-order valence-corrected chi connectivity index (χ3v) is 1.90. The fraction of sp³-hybridized carbons (Fsp3) is 1.00. The Morgan fingerprint density at radius 2 is 1.83 bits per heavy atom. The van der Waals surface area contributed by atoms with Crippen molar-refractivity contribution >= 4 is 22.5 Å². The molecule has 0 aromatic rings. The first kappa shape index (κ1) is 14.7. The van der Waals surface area contributed by atoms with E-state index in [-0.39, 0.29) is 31.0 Å². The second kappa shape index (κ2) is 5.75. The zero-order chi connectivity index (χ0) is 9.07. The van der Waals surface area contributed by atoms with E-state index in [4.69, 9.17) is 5.73 Å². The van der Waals surface area contributed by atoms with Crippen molar-refractivity contribution in [1.82, 2.24) is 0 Å². The molecule has 0 saturated carbocycles. The topological polar surface area (TPSA) is 69.4 Å². The van der Waals surface area contributed by atoms with E-state index in [1.54, 1.807) is 0 Å². The first-order chi connectivity index (χ1) is 4.83. The fourth-order valence-electron chi connectivity index (χ4n) is 0.395. The summed E-state index contributed by atoms with van der Waals surface area (Å²) >= 11 is 0. The molecule has 12 heavy (non-hydrogen) atoms. The molecule has 0 radical (unpaired) electrons. The molecule has 6 heteroatoms. The molecule has 0 amide bonds. The summed E-state index contributed by atoms with van der Waals surface area (Å²) in [4.78, 5) is 0. The van der Waals surface area contributed by atoms with E-state index in [0.29, 0.717) is 0 Å². The van der Waals surface area contributed by atoms with Gasteiger partial charge in [0.25, 0.3) is 10.1 Å². The van der Waals surface area contributed by atoms with Gasteiger partial charge in [-0.05, 0) is 5.92 Å². The van der Waals surface area contributed by atoms with Gasteiger partial charge in [0.1, 0.15) is 0 Å². The molecule has 0 aliphatic carbocycles. The van der Waals surface area contributed by atoms with E-state index < -0.39 is 10.1 Å². The van der Waals surface area contributed by atoms with Crippen LogP contribution in [0.1, 0.15) is 13.8 Å². The van der Waals surface area contributed by atoms with Crippen LogP contribution >= 0.6 is 12.4 Å². The molecule has 0 aromatic carbocycles. The predicted octanol–water partition coefficient (Wildman–Crippen LogP) is 0.368. The molecule has 0 unspecified atom stereocenters. The summed E-state index contributed by atoms with van der Waals surface area (Å²) in [5.74, 6) is 0.233. The van der Waals surface area contributed by atoms with Gasteiger partial charge in [-0.2, -0.15) is 8.42 Å². The van der Waals surface area contributed by atoms with Crippen molar-refractivity contribution in [3.8, 4) is 0 Å². The lowest BCUT2D eigenvalue weighted by atomic mass is 10.1. The van der Waals surface area contributed by atoms with Gasteiger partial charge in [0.15, 0.2) is 0 Å². The zero-order valence-electron chi connectivity index (χ0n) is 7.48. The number of nitrogens with two attached hydrogens (primary N) is 1. The molecular weight excluding hydrogens is 202 g/mol. The lowest BCUT2D eigenvalue weighted by Gasteiger charge is -2.13. The van der Waals surface area contributed by atoms with Crippen molar-refractivity contribution in [2.45, 2.75) is 19.9 Å². The minimum atomic E-state index is -3.33. The maximum Gasteiger partial charge on any atom is 0.264 e. The molecule has 0 bridgehead atoms. The van der Waals surface area contributed by atoms with E-state index in [1.807, 2.05) is 13.8 Å². The van der Waals surface area contributed by atoms with Gasteiger partial charge in [-0.3, -0.25) is 4.18 Å². The quantitative estimate of drug-likeness (QED) is 0.691. The molecular formula is C6H16ClNO3S. The standard InChI is InChI=1S/C6H15NO3S.ClH/c1-5(2)6(7)4-10-11(3,8)9;/h5-6H,4,7H2,1-3H3;1H/t6-;/m1./s1. The molecule has 76 valence electrons. The second-order valence-electron chi connectivity index (χ2n) is 2.90. The maximum atomic E-state index is 10.5. The second-order valence-corrected chi connectivity index (χ2v) is 4.54. The van der Waals surface area contributed by atoms with E-state index in [1.165, 1.54) is 0 Å². The van der Waals surface area contributed by atoms with Crippen LogP contribution in [-0.2, 0) is 14.3 Å². The molecule has 0 aromatic heterocycles. The Kier molecular flexibility index (Phi) is 7.02. The average molecular weight is 218 g/mol. The van der Waals surface area contributed by atoms with Crippen LogP contribution in [0, 0.1) is 5.92 Å². The summed E-state index contributed by atoms with van der Waals surface area (Å²) in [6, 6.07) is -0.218. The van der Waals surface area contributed by atoms with Crippen LogP contribution in [0.15, 0.2) is 0 Å². The number of rotatable bonds is 4. The summed E-state index contributed by atoms with van der Waals surface area (Å²) in [6.07, 6.45) is 1.01. The maximum absolute atomic E-state index is 10.5. The van der Waals surface area contributed by atoms with Gasteiger partial charge < -0.3 is 5.73 Å². The molecule has 0 aliphatic heterocycles. The fourth-order valence-corrected chi connectivity index (χ4v) is 0.799. The zero-order valence-corrected chi connectivity index (χ0v) is 9.11. The average Bonchev–Trinajstić information content (AvgIpc) is 1.80. The first-order valence-electron chi connectivity index (χ1n) is 3.43. The highest BCUT2D eigenvalue weighted by Gasteiger charge is 2.10. The summed E-state index contributed by atoms with van der Waals surface area (Å²) in [5.41, 5.74) is 5.53. The van der Waals surface area contributed by atoms with E-state index in [9.17, 15) is 8.42 Å². The van der Waals surface area contributed by atoms with Crippen molar-refractivity contribution in [1.29, 1.82) is 0 Å². The molecule has 4 nitrogen and oxygen atoms in total. The van der Waals surface area contributed by atoms with Gasteiger partial charge in [-0.25, -0.2) is 0 Å². The number of hydrogen-bond donors (Lipinski definition) is 1. The van der Waals surface area contributed by atoms with Crippen LogP contribution in [0.2, 0.25) is 0 Å². The van der Waals surface area contributed by atoms with Crippen LogP contribution < -0.4 is 5.73 Å². The molecule has 0 spiro atoms. The smallest absolute Gasteiger partial charge is 0.264 e. The SMILES string of the molecule is CC(C)[C@H](N)COS(C)(=O)=O.Cl. The van der Waals surface area contributed by atoms with Crippen LogP contribution in [0.5, 0.6) is 0 Å². The van der Waals surface area contributed by atoms with E-state index in [2.05, 4.69) is 4.18 Å². The monoisotopic (exact) mass is 217 g/mol. The Bertz CT molecular complexity index is 203. The molecule has 0 saturated heterocycles. The Morgan fingerprint density at radius 1 is 1.42 bits per heavy atom. The van der Waals surface area contributed by atoms with Crippen LogP contribution in [0.25, 0.3) is 0 Å². The van der Waals surface area contributed by atoms with Crippen LogP contribution in [-0.4, -0.2) is 27.3 Å². The van der Waals surface area contributed by atoms with E-state index in [0.717, 1.165) is 6.26 Å². The van der Waals surface area contributed by atoms with Crippen molar-refractivity contribution < 1.29 is 12.6 Å². The molecule has 0 rings (SSSR count). The largest absolute Gasteiger partial charge is 0.325 e. The lowest BCUT2D eigenvalue weighted by molar-refractivity contribution is 0.266. The highest BCUT2D eigenvalue weighted by Crippen LogP contribution is 1.99. The van der Waals surface area contributed by atoms with Gasteiger partial charge in [-0.15, -0.1) is 12.4 Å². The van der Waals surface area contributed by atoms with Gasteiger partial charge in [-0.1, -0.05) is 13.8 Å². The summed E-state index contributed by atoms with van der Waals surface area (Å²) in [6.45, 7) is 3.89. The lowest BCUT2D eigenvalue weighted by Crippen LogP contribution is -2.32. The Labute approximate surface area is 80.0 Å². The Hall–Kier alpha value is 0.160. The molecule has 0 aliphatic rings. The molecule has 0 heterocycles. The van der Waals surface area contributed by atoms with Crippen molar-refractivity contribution in [2.75, 3.05) is 12.9 Å². The summed E-state index contributed by atoms with van der Waals surface area (Å²) < 4.78 is 25.5. The van der Waals surface area contributed by atoms with Gasteiger partial charge >= 0.3 is 0 Å². The summed E-state index contributed by atoms with van der Waals surface area (Å²) in [7, 11) is -3.33. The first-order valence-corrected chi connectivity index (χ1v) is 5.24. The van der Waals surface area contributed by atoms with Crippen LogP contribution in [0.3, 0.4) is 0 Å². The van der Waals surface area contributed by atoms with E-state index >= 15 is 0 Å². The number of halogens is 1. The Morgan fingerprint density at radius 3 is 2.08 bits per heavy atom. The minimum Gasteiger partial charge on any atom is -0.325 e. The van der Waals surface area contributed by atoms with Crippen molar-refractivity contribution in [2.24, 2.45) is 11.7 Å². The molecule has 1 atom stereocenters. The number of hydrogen-bond acceptors (Lipinski definition) is 4. The molecule has 2 N–H and O–H groups in total. The van der Waals surface area contributed by atoms with Gasteiger partial charge in [0.05, 0.1) is 12.9 Å².